The molecule has 0 atom stereocenters. The van der Waals surface area contributed by atoms with Gasteiger partial charge >= 0.3 is 5.97 Å². The Bertz CT molecular complexity index is 603. The molecule has 2 aromatic rings. The van der Waals surface area contributed by atoms with Crippen LogP contribution in [0, 0.1) is 13.8 Å². The lowest BCUT2D eigenvalue weighted by atomic mass is 10.1. The van der Waals surface area contributed by atoms with E-state index in [0.29, 0.717) is 12.2 Å². The second-order valence-corrected chi connectivity index (χ2v) is 4.55. The number of hydrogen-bond donors (Lipinski definition) is 1. The Labute approximate surface area is 112 Å². The van der Waals surface area contributed by atoms with Gasteiger partial charge in [-0.15, -0.1) is 0 Å². The smallest absolute Gasteiger partial charge is 0.335 e. The summed E-state index contributed by atoms with van der Waals surface area (Å²) in [4.78, 5) is 10.9. The van der Waals surface area contributed by atoms with E-state index in [1.165, 1.54) is 0 Å². The second-order valence-electron chi connectivity index (χ2n) is 4.55. The van der Waals surface area contributed by atoms with Crippen molar-refractivity contribution in [2.45, 2.75) is 20.5 Å². The molecule has 0 unspecified atom stereocenters. The second kappa shape index (κ2) is 5.57. The molecule has 0 saturated heterocycles. The van der Waals surface area contributed by atoms with Crippen LogP contribution in [0.4, 0.5) is 0 Å². The number of aromatic carboxylic acids is 1. The lowest BCUT2D eigenvalue weighted by Gasteiger charge is -2.10. The molecule has 19 heavy (non-hydrogen) atoms. The Morgan fingerprint density at radius 1 is 1.16 bits per heavy atom. The number of carboxylic acids is 1. The summed E-state index contributed by atoms with van der Waals surface area (Å²) in [7, 11) is 0. The lowest BCUT2D eigenvalue weighted by Crippen LogP contribution is -2.01. The van der Waals surface area contributed by atoms with Crippen LogP contribution < -0.4 is 4.74 Å². The number of hydrogen-bond acceptors (Lipinski definition) is 2. The van der Waals surface area contributed by atoms with Crippen molar-refractivity contribution in [2.24, 2.45) is 0 Å². The van der Waals surface area contributed by atoms with Crippen molar-refractivity contribution in [3.8, 4) is 5.75 Å². The fourth-order valence-corrected chi connectivity index (χ4v) is 1.86. The van der Waals surface area contributed by atoms with Gasteiger partial charge in [0.05, 0.1) is 5.56 Å². The van der Waals surface area contributed by atoms with Gasteiger partial charge in [0.15, 0.2) is 0 Å². The van der Waals surface area contributed by atoms with Crippen LogP contribution >= 0.6 is 0 Å². The monoisotopic (exact) mass is 256 g/mol. The van der Waals surface area contributed by atoms with Crippen molar-refractivity contribution in [3.05, 3.63) is 64.7 Å². The number of carbonyl (C=O) groups is 1. The maximum Gasteiger partial charge on any atom is 0.335 e. The van der Waals surface area contributed by atoms with Crippen LogP contribution in [0.25, 0.3) is 0 Å². The van der Waals surface area contributed by atoms with Crippen LogP contribution in [-0.4, -0.2) is 11.1 Å². The number of carboxylic acid groups (broad SMARTS) is 1. The molecule has 0 fully saturated rings. The molecule has 0 amide bonds. The lowest BCUT2D eigenvalue weighted by molar-refractivity contribution is 0.0696. The molecule has 0 bridgehead atoms. The highest BCUT2D eigenvalue weighted by Gasteiger charge is 2.06. The first kappa shape index (κ1) is 13.1. The van der Waals surface area contributed by atoms with Crippen LogP contribution in [0.3, 0.4) is 0 Å². The number of aryl methyl sites for hydroxylation is 2. The van der Waals surface area contributed by atoms with E-state index >= 15 is 0 Å². The zero-order chi connectivity index (χ0) is 13.8. The highest BCUT2D eigenvalue weighted by Crippen LogP contribution is 2.17. The van der Waals surface area contributed by atoms with Gasteiger partial charge in [0.2, 0.25) is 0 Å². The molecule has 0 spiro atoms. The van der Waals surface area contributed by atoms with Crippen molar-refractivity contribution in [1.82, 2.24) is 0 Å². The predicted octanol–water partition coefficient (Wildman–Crippen LogP) is 3.58. The van der Waals surface area contributed by atoms with Gasteiger partial charge in [-0.3, -0.25) is 0 Å². The van der Waals surface area contributed by atoms with Crippen molar-refractivity contribution in [3.63, 3.8) is 0 Å². The Hall–Kier alpha value is -2.29. The van der Waals surface area contributed by atoms with E-state index in [-0.39, 0.29) is 0 Å². The molecule has 0 radical (unpaired) electrons. The summed E-state index contributed by atoms with van der Waals surface area (Å²) in [6.45, 7) is 4.34. The average molecular weight is 256 g/mol. The maximum atomic E-state index is 10.9. The van der Waals surface area contributed by atoms with Crippen LogP contribution in [0.2, 0.25) is 0 Å². The standard InChI is InChI=1S/C16H16O3/c1-11-4-3-5-15(8-11)19-10-14-7-6-13(16(17)18)9-12(14)2/h3-9H,10H2,1-2H3,(H,17,18). The Morgan fingerprint density at radius 3 is 2.58 bits per heavy atom. The largest absolute Gasteiger partial charge is 0.489 e. The summed E-state index contributed by atoms with van der Waals surface area (Å²) in [5, 5.41) is 8.91. The van der Waals surface area contributed by atoms with Crippen LogP contribution in [-0.2, 0) is 6.61 Å². The number of rotatable bonds is 4. The van der Waals surface area contributed by atoms with Gasteiger partial charge in [-0.2, -0.15) is 0 Å². The van der Waals surface area contributed by atoms with Crippen molar-refractivity contribution < 1.29 is 14.6 Å². The minimum atomic E-state index is -0.908. The zero-order valence-corrected chi connectivity index (χ0v) is 11.0. The molecule has 0 aliphatic heterocycles. The summed E-state index contributed by atoms with van der Waals surface area (Å²) in [5.74, 6) is -0.0871. The Balaban J connectivity index is 2.10. The van der Waals surface area contributed by atoms with Gasteiger partial charge in [-0.1, -0.05) is 18.2 Å². The predicted molar refractivity (Wildman–Crippen MR) is 73.6 cm³/mol. The first-order valence-corrected chi connectivity index (χ1v) is 6.08. The van der Waals surface area contributed by atoms with Gasteiger partial charge in [0.1, 0.15) is 12.4 Å². The van der Waals surface area contributed by atoms with Crippen LogP contribution in [0.15, 0.2) is 42.5 Å². The van der Waals surface area contributed by atoms with Crippen molar-refractivity contribution >= 4 is 5.97 Å². The summed E-state index contributed by atoms with van der Waals surface area (Å²) >= 11 is 0. The maximum absolute atomic E-state index is 10.9. The normalized spacial score (nSPS) is 10.2. The van der Waals surface area contributed by atoms with Gasteiger partial charge in [-0.05, 0) is 54.8 Å². The topological polar surface area (TPSA) is 46.5 Å². The highest BCUT2D eigenvalue weighted by molar-refractivity contribution is 5.87. The van der Waals surface area contributed by atoms with E-state index in [2.05, 4.69) is 0 Å². The van der Waals surface area contributed by atoms with E-state index in [1.54, 1.807) is 18.2 Å². The molecule has 0 aromatic heterocycles. The van der Waals surface area contributed by atoms with E-state index in [4.69, 9.17) is 9.84 Å². The number of ether oxygens (including phenoxy) is 1. The van der Waals surface area contributed by atoms with E-state index in [1.807, 2.05) is 38.1 Å². The quantitative estimate of drug-likeness (QED) is 0.909. The molecule has 98 valence electrons. The molecule has 0 aliphatic carbocycles. The zero-order valence-electron chi connectivity index (χ0n) is 11.0. The van der Waals surface area contributed by atoms with E-state index < -0.39 is 5.97 Å². The summed E-state index contributed by atoms with van der Waals surface area (Å²) in [5.41, 5.74) is 3.37. The summed E-state index contributed by atoms with van der Waals surface area (Å²) < 4.78 is 5.71. The molecular weight excluding hydrogens is 240 g/mol. The van der Waals surface area contributed by atoms with Crippen molar-refractivity contribution in [2.75, 3.05) is 0 Å². The molecular formula is C16H16O3. The Kier molecular flexibility index (Phi) is 3.85. The molecule has 2 aromatic carbocycles. The summed E-state index contributed by atoms with van der Waals surface area (Å²) in [6.07, 6.45) is 0. The van der Waals surface area contributed by atoms with Crippen LogP contribution in [0.1, 0.15) is 27.0 Å². The third-order valence-electron chi connectivity index (χ3n) is 2.97. The summed E-state index contributed by atoms with van der Waals surface area (Å²) in [6, 6.07) is 12.9. The van der Waals surface area contributed by atoms with Gasteiger partial charge < -0.3 is 9.84 Å². The molecule has 0 aliphatic rings. The van der Waals surface area contributed by atoms with Crippen molar-refractivity contribution in [1.29, 1.82) is 0 Å². The van der Waals surface area contributed by atoms with Gasteiger partial charge in [0.25, 0.3) is 0 Å². The molecule has 0 saturated carbocycles. The average Bonchev–Trinajstić information content (AvgIpc) is 2.37. The van der Waals surface area contributed by atoms with E-state index in [0.717, 1.165) is 22.4 Å². The first-order chi connectivity index (χ1) is 9.06. The first-order valence-electron chi connectivity index (χ1n) is 6.08. The molecule has 0 heterocycles. The third kappa shape index (κ3) is 3.35. The molecule has 3 heteroatoms. The Morgan fingerprint density at radius 2 is 1.95 bits per heavy atom. The van der Waals surface area contributed by atoms with Gasteiger partial charge in [-0.25, -0.2) is 4.79 Å². The molecule has 2 rings (SSSR count). The minimum absolute atomic E-state index is 0.303. The SMILES string of the molecule is Cc1cccc(OCc2ccc(C(=O)O)cc2C)c1. The number of benzene rings is 2. The fourth-order valence-electron chi connectivity index (χ4n) is 1.86. The van der Waals surface area contributed by atoms with Gasteiger partial charge in [0, 0.05) is 0 Å². The highest BCUT2D eigenvalue weighted by atomic mass is 16.5. The minimum Gasteiger partial charge on any atom is -0.489 e. The molecule has 3 nitrogen and oxygen atoms in total. The fraction of sp³-hybridized carbons (Fsp3) is 0.188. The third-order valence-corrected chi connectivity index (χ3v) is 2.97. The van der Waals surface area contributed by atoms with E-state index in [9.17, 15) is 4.79 Å². The molecule has 1 N–H and O–H groups in total. The van der Waals surface area contributed by atoms with Crippen LogP contribution in [0.5, 0.6) is 5.75 Å².